The van der Waals surface area contributed by atoms with E-state index < -0.39 is 0 Å². The van der Waals surface area contributed by atoms with Gasteiger partial charge in [-0.15, -0.1) is 0 Å². The molecule has 1 atom stereocenters. The predicted molar refractivity (Wildman–Crippen MR) is 111 cm³/mol. The summed E-state index contributed by atoms with van der Waals surface area (Å²) in [5.41, 5.74) is 2.52. The minimum absolute atomic E-state index is 0.103. The highest BCUT2D eigenvalue weighted by molar-refractivity contribution is 5.74. The third kappa shape index (κ3) is 5.45. The summed E-state index contributed by atoms with van der Waals surface area (Å²) in [6.07, 6.45) is 6.03. The first-order valence-electron chi connectivity index (χ1n) is 10.5. The first-order chi connectivity index (χ1) is 13.0. The summed E-state index contributed by atoms with van der Waals surface area (Å²) in [4.78, 5) is 20.0. The van der Waals surface area contributed by atoms with Gasteiger partial charge in [-0.05, 0) is 45.0 Å². The number of carbonyl (C=O) groups excluding carboxylic acids is 1. The van der Waals surface area contributed by atoms with Crippen molar-refractivity contribution in [3.63, 3.8) is 0 Å². The van der Waals surface area contributed by atoms with Crippen LogP contribution in [0.25, 0.3) is 0 Å². The zero-order valence-electron chi connectivity index (χ0n) is 17.3. The van der Waals surface area contributed by atoms with Crippen molar-refractivity contribution in [2.24, 2.45) is 0 Å². The Bertz CT molecular complexity index is 614. The Morgan fingerprint density at radius 1 is 1.15 bits per heavy atom. The van der Waals surface area contributed by atoms with Gasteiger partial charge < -0.3 is 15.1 Å². The number of likely N-dealkylation sites (N-methyl/N-ethyl adjacent to an activating group) is 2. The van der Waals surface area contributed by atoms with Crippen LogP contribution in [-0.2, 0) is 6.54 Å². The summed E-state index contributed by atoms with van der Waals surface area (Å²) in [5.74, 6) is 0. The fourth-order valence-electron chi connectivity index (χ4n) is 4.36. The van der Waals surface area contributed by atoms with Gasteiger partial charge in [0.05, 0.1) is 0 Å². The number of amides is 2. The largest absolute Gasteiger partial charge is 0.336 e. The van der Waals surface area contributed by atoms with Gasteiger partial charge in [0, 0.05) is 44.8 Å². The number of rotatable bonds is 5. The third-order valence-electron chi connectivity index (χ3n) is 6.35. The number of hydrogen-bond donors (Lipinski definition) is 1. The number of hydrogen-bond acceptors (Lipinski definition) is 3. The zero-order valence-corrected chi connectivity index (χ0v) is 17.3. The Morgan fingerprint density at radius 2 is 1.89 bits per heavy atom. The molecular formula is C22H36N4O. The van der Waals surface area contributed by atoms with Crippen molar-refractivity contribution in [2.75, 3.05) is 40.3 Å². The number of urea groups is 1. The SMILES string of the molecule is Cc1ccccc1CN(C(=O)NC[C@@H]1CN(C)CCN1C)C1CCCCC1. The fraction of sp³-hybridized carbons (Fsp3) is 0.682. The van der Waals surface area contributed by atoms with E-state index in [4.69, 9.17) is 0 Å². The molecule has 1 aromatic carbocycles. The summed E-state index contributed by atoms with van der Waals surface area (Å²) >= 11 is 0. The maximum atomic E-state index is 13.2. The molecule has 1 heterocycles. The Labute approximate surface area is 164 Å². The van der Waals surface area contributed by atoms with Crippen LogP contribution in [0.2, 0.25) is 0 Å². The molecule has 2 aliphatic rings. The molecule has 0 bridgehead atoms. The molecule has 1 aliphatic heterocycles. The third-order valence-corrected chi connectivity index (χ3v) is 6.35. The highest BCUT2D eigenvalue weighted by Gasteiger charge is 2.28. The highest BCUT2D eigenvalue weighted by Crippen LogP contribution is 2.25. The van der Waals surface area contributed by atoms with Gasteiger partial charge in [-0.2, -0.15) is 0 Å². The lowest BCUT2D eigenvalue weighted by atomic mass is 9.93. The zero-order chi connectivity index (χ0) is 19.2. The maximum Gasteiger partial charge on any atom is 0.318 e. The van der Waals surface area contributed by atoms with Gasteiger partial charge in [-0.25, -0.2) is 4.79 Å². The molecule has 5 heteroatoms. The van der Waals surface area contributed by atoms with Crippen LogP contribution in [0.15, 0.2) is 24.3 Å². The molecule has 1 saturated heterocycles. The highest BCUT2D eigenvalue weighted by atomic mass is 16.2. The smallest absolute Gasteiger partial charge is 0.318 e. The number of nitrogens with zero attached hydrogens (tertiary/aromatic N) is 3. The molecule has 1 saturated carbocycles. The van der Waals surface area contributed by atoms with Crippen LogP contribution in [0.1, 0.15) is 43.2 Å². The van der Waals surface area contributed by atoms with E-state index in [1.165, 1.54) is 30.4 Å². The van der Waals surface area contributed by atoms with Gasteiger partial charge in [0.15, 0.2) is 0 Å². The lowest BCUT2D eigenvalue weighted by Gasteiger charge is -2.39. The van der Waals surface area contributed by atoms with Crippen LogP contribution in [0.5, 0.6) is 0 Å². The van der Waals surface area contributed by atoms with Gasteiger partial charge in [0.1, 0.15) is 0 Å². The van der Waals surface area contributed by atoms with E-state index in [-0.39, 0.29) is 6.03 Å². The van der Waals surface area contributed by atoms with Gasteiger partial charge >= 0.3 is 6.03 Å². The van der Waals surface area contributed by atoms with Crippen molar-refractivity contribution in [3.8, 4) is 0 Å². The molecule has 1 N–H and O–H groups in total. The van der Waals surface area contributed by atoms with Crippen molar-refractivity contribution in [2.45, 2.75) is 57.7 Å². The van der Waals surface area contributed by atoms with Crippen LogP contribution in [-0.4, -0.2) is 73.1 Å². The van der Waals surface area contributed by atoms with Crippen LogP contribution in [0, 0.1) is 6.92 Å². The van der Waals surface area contributed by atoms with Crippen LogP contribution in [0.4, 0.5) is 4.79 Å². The number of carbonyl (C=O) groups is 1. The molecular weight excluding hydrogens is 336 g/mol. The van der Waals surface area contributed by atoms with Gasteiger partial charge in [-0.1, -0.05) is 43.5 Å². The standard InChI is InChI=1S/C22H36N4O/c1-18-9-7-8-10-19(18)16-26(20-11-5-4-6-12-20)22(27)23-15-21-17-24(2)13-14-25(21)3/h7-10,20-21H,4-6,11-17H2,1-3H3,(H,23,27)/t21-/m1/s1. The topological polar surface area (TPSA) is 38.8 Å². The normalized spacial score (nSPS) is 22.6. The van der Waals surface area contributed by atoms with Gasteiger partial charge in [0.25, 0.3) is 0 Å². The van der Waals surface area contributed by atoms with E-state index in [1.807, 2.05) is 0 Å². The quantitative estimate of drug-likeness (QED) is 0.863. The van der Waals surface area contributed by atoms with Crippen molar-refractivity contribution in [1.82, 2.24) is 20.0 Å². The summed E-state index contributed by atoms with van der Waals surface area (Å²) in [7, 11) is 4.32. The van der Waals surface area contributed by atoms with E-state index in [2.05, 4.69) is 65.3 Å². The maximum absolute atomic E-state index is 13.2. The Morgan fingerprint density at radius 3 is 2.63 bits per heavy atom. The minimum atomic E-state index is 0.103. The molecule has 5 nitrogen and oxygen atoms in total. The number of nitrogens with one attached hydrogen (secondary N) is 1. The number of aryl methyl sites for hydroxylation is 1. The van der Waals surface area contributed by atoms with Crippen molar-refractivity contribution in [1.29, 1.82) is 0 Å². The molecule has 150 valence electrons. The summed E-state index contributed by atoms with van der Waals surface area (Å²) in [6, 6.07) is 9.29. The summed E-state index contributed by atoms with van der Waals surface area (Å²) in [6.45, 7) is 6.74. The predicted octanol–water partition coefficient (Wildman–Crippen LogP) is 3.09. The van der Waals surface area contributed by atoms with Gasteiger partial charge in [0.2, 0.25) is 0 Å². The van der Waals surface area contributed by atoms with E-state index >= 15 is 0 Å². The Hall–Kier alpha value is -1.59. The monoisotopic (exact) mass is 372 g/mol. The lowest BCUT2D eigenvalue weighted by Crippen LogP contribution is -2.56. The summed E-state index contributed by atoms with van der Waals surface area (Å²) < 4.78 is 0. The molecule has 27 heavy (non-hydrogen) atoms. The average molecular weight is 373 g/mol. The van der Waals surface area contributed by atoms with Crippen LogP contribution >= 0.6 is 0 Å². The number of piperazine rings is 1. The van der Waals surface area contributed by atoms with E-state index in [9.17, 15) is 4.79 Å². The molecule has 0 radical (unpaired) electrons. The molecule has 0 spiro atoms. The van der Waals surface area contributed by atoms with E-state index in [1.54, 1.807) is 0 Å². The summed E-state index contributed by atoms with van der Waals surface area (Å²) in [5, 5.41) is 3.26. The molecule has 3 rings (SSSR count). The minimum Gasteiger partial charge on any atom is -0.336 e. The Kier molecular flexibility index (Phi) is 7.13. The first kappa shape index (κ1) is 20.2. The molecule has 1 aliphatic carbocycles. The van der Waals surface area contributed by atoms with Crippen molar-refractivity contribution >= 4 is 6.03 Å². The Balaban J connectivity index is 1.65. The lowest BCUT2D eigenvalue weighted by molar-refractivity contribution is 0.108. The average Bonchev–Trinajstić information content (AvgIpc) is 2.68. The molecule has 2 fully saturated rings. The second-order valence-electron chi connectivity index (χ2n) is 8.43. The van der Waals surface area contributed by atoms with Crippen LogP contribution < -0.4 is 5.32 Å². The fourth-order valence-corrected chi connectivity index (χ4v) is 4.36. The van der Waals surface area contributed by atoms with Gasteiger partial charge in [-0.3, -0.25) is 4.90 Å². The molecule has 2 amide bonds. The second-order valence-corrected chi connectivity index (χ2v) is 8.43. The van der Waals surface area contributed by atoms with Crippen molar-refractivity contribution in [3.05, 3.63) is 35.4 Å². The first-order valence-corrected chi connectivity index (χ1v) is 10.5. The number of benzene rings is 1. The van der Waals surface area contributed by atoms with Crippen molar-refractivity contribution < 1.29 is 4.79 Å². The molecule has 1 aromatic rings. The molecule has 0 aromatic heterocycles. The molecule has 0 unspecified atom stereocenters. The van der Waals surface area contributed by atoms with E-state index in [0.717, 1.165) is 39.0 Å². The second kappa shape index (κ2) is 9.56. The van der Waals surface area contributed by atoms with E-state index in [0.29, 0.717) is 18.6 Å². The van der Waals surface area contributed by atoms with Crippen LogP contribution in [0.3, 0.4) is 0 Å².